The van der Waals surface area contributed by atoms with Gasteiger partial charge in [-0.05, 0) is 49.2 Å². The van der Waals surface area contributed by atoms with Gasteiger partial charge in [0.15, 0.2) is 11.6 Å². The average Bonchev–Trinajstić information content (AvgIpc) is 3.33. The summed E-state index contributed by atoms with van der Waals surface area (Å²) in [5.41, 5.74) is 1.63. The van der Waals surface area contributed by atoms with Crippen LogP contribution in [-0.4, -0.2) is 71.0 Å². The summed E-state index contributed by atoms with van der Waals surface area (Å²) in [6.45, 7) is 4.54. The number of piperidine rings is 2. The minimum Gasteiger partial charge on any atom is -0.391 e. The minimum atomic E-state index is -0.954. The van der Waals surface area contributed by atoms with E-state index in [1.54, 1.807) is 29.2 Å². The van der Waals surface area contributed by atoms with E-state index in [0.29, 0.717) is 41.2 Å². The Bertz CT molecular complexity index is 1470. The number of β-amino-alcohol motifs (C(OH)–C–C–N with tert-alkyl or cyclic N) is 1. The zero-order chi connectivity index (χ0) is 28.8. The van der Waals surface area contributed by atoms with Crippen molar-refractivity contribution in [3.05, 3.63) is 77.4 Å². The van der Waals surface area contributed by atoms with Gasteiger partial charge in [0.2, 0.25) is 5.91 Å². The second-order valence-electron chi connectivity index (χ2n) is 10.6. The Balaban J connectivity index is 1.26. The fourth-order valence-electron chi connectivity index (χ4n) is 6.21. The third-order valence-corrected chi connectivity index (χ3v) is 9.34. The molecule has 0 spiro atoms. The van der Waals surface area contributed by atoms with Crippen molar-refractivity contribution < 1.29 is 28.3 Å². The maximum absolute atomic E-state index is 14.5. The van der Waals surface area contributed by atoms with Crippen LogP contribution in [0, 0.1) is 17.6 Å². The minimum absolute atomic E-state index is 0.101. The molecule has 3 unspecified atom stereocenters. The molecular weight excluding hydrogens is 552 g/mol. The average molecular weight is 582 g/mol. The zero-order valence-corrected chi connectivity index (χ0v) is 22.8. The highest BCUT2D eigenvalue weighted by atomic mass is 32.2. The molecule has 4 heterocycles. The predicted molar refractivity (Wildman–Crippen MR) is 150 cm³/mol. The van der Waals surface area contributed by atoms with E-state index in [1.807, 2.05) is 0 Å². The van der Waals surface area contributed by atoms with Crippen molar-refractivity contribution in [1.29, 1.82) is 0 Å². The van der Waals surface area contributed by atoms with E-state index in [9.17, 15) is 28.3 Å². The number of aliphatic hydroxyl groups is 1. The number of urea groups is 1. The van der Waals surface area contributed by atoms with E-state index in [4.69, 9.17) is 0 Å². The molecule has 41 heavy (non-hydrogen) atoms. The van der Waals surface area contributed by atoms with Crippen LogP contribution in [0.15, 0.2) is 65.7 Å². The van der Waals surface area contributed by atoms with Crippen LogP contribution in [0.5, 0.6) is 0 Å². The number of nitrogens with one attached hydrogen (secondary N) is 3. The molecule has 0 aromatic heterocycles. The van der Waals surface area contributed by atoms with Gasteiger partial charge in [-0.3, -0.25) is 14.5 Å². The summed E-state index contributed by atoms with van der Waals surface area (Å²) >= 11 is 1.35. The van der Waals surface area contributed by atoms with Crippen molar-refractivity contribution in [2.75, 3.05) is 24.5 Å². The molecule has 3 fully saturated rings. The van der Waals surface area contributed by atoms with Crippen LogP contribution in [0.2, 0.25) is 0 Å². The van der Waals surface area contributed by atoms with Crippen LogP contribution in [0.3, 0.4) is 0 Å². The number of carbonyl (C=O) groups is 3. The molecule has 0 bridgehead atoms. The normalized spacial score (nSPS) is 27.3. The van der Waals surface area contributed by atoms with Gasteiger partial charge in [0.25, 0.3) is 5.91 Å². The number of benzene rings is 2. The topological polar surface area (TPSA) is 114 Å². The molecule has 4 N–H and O–H groups in total. The van der Waals surface area contributed by atoms with Gasteiger partial charge in [-0.2, -0.15) is 0 Å². The quantitative estimate of drug-likeness (QED) is 0.404. The first-order chi connectivity index (χ1) is 19.7. The van der Waals surface area contributed by atoms with Crippen LogP contribution in [0.4, 0.5) is 19.3 Å². The Labute approximate surface area is 239 Å². The summed E-state index contributed by atoms with van der Waals surface area (Å²) in [5.74, 6) is -2.80. The van der Waals surface area contributed by atoms with Gasteiger partial charge >= 0.3 is 6.03 Å². The van der Waals surface area contributed by atoms with E-state index < -0.39 is 29.8 Å². The monoisotopic (exact) mass is 581 g/mol. The van der Waals surface area contributed by atoms with Gasteiger partial charge in [0.1, 0.15) is 0 Å². The highest BCUT2D eigenvalue weighted by molar-refractivity contribution is 8.04. The van der Waals surface area contributed by atoms with E-state index in [0.717, 1.165) is 6.07 Å². The number of rotatable bonds is 5. The second-order valence-corrected chi connectivity index (χ2v) is 11.7. The summed E-state index contributed by atoms with van der Waals surface area (Å²) in [6.07, 6.45) is 1.33. The van der Waals surface area contributed by atoms with Crippen LogP contribution in [0.25, 0.3) is 11.1 Å². The summed E-state index contributed by atoms with van der Waals surface area (Å²) in [4.78, 5) is 42.6. The van der Waals surface area contributed by atoms with Gasteiger partial charge in [-0.15, -0.1) is 0 Å². The molecule has 4 aliphatic heterocycles. The number of hydrogen-bond acceptors (Lipinski definition) is 6. The maximum Gasteiger partial charge on any atom is 0.326 e. The molecule has 0 aliphatic carbocycles. The smallest absolute Gasteiger partial charge is 0.326 e. The molecule has 4 aliphatic rings. The van der Waals surface area contributed by atoms with Crippen molar-refractivity contribution in [2.45, 2.75) is 36.4 Å². The first-order valence-electron chi connectivity index (χ1n) is 13.4. The van der Waals surface area contributed by atoms with Gasteiger partial charge in [0.05, 0.1) is 22.4 Å². The standard InChI is InChI=1S/C29H29F2N5O4S/c1-2-22(38)35-13-16(12-18(37)14-35)33-27(39)26-25-23-21(9-10-32-28(23)41-26)36(29(40)34-25)17-6-3-5-15(11-17)19-7-4-8-20(30)24(19)31/h2-8,11,16,18,21,23,28,32,37H,1,9-10,12-14H2,(H,33,39)(H,34,40)/t16-,18+,21?,23?,28?/m1/s1. The van der Waals surface area contributed by atoms with Crippen molar-refractivity contribution in [3.8, 4) is 11.1 Å². The van der Waals surface area contributed by atoms with Crippen molar-refractivity contribution in [3.63, 3.8) is 0 Å². The maximum atomic E-state index is 14.5. The number of thioether (sulfide) groups is 1. The molecule has 2 aromatic carbocycles. The van der Waals surface area contributed by atoms with Crippen molar-refractivity contribution >= 4 is 35.3 Å². The Hall–Kier alpha value is -3.74. The molecule has 4 amide bonds. The third kappa shape index (κ3) is 5.00. The highest BCUT2D eigenvalue weighted by Crippen LogP contribution is 2.48. The summed E-state index contributed by atoms with van der Waals surface area (Å²) in [7, 11) is 0. The van der Waals surface area contributed by atoms with Gasteiger partial charge < -0.3 is 26.0 Å². The number of anilines is 1. The lowest BCUT2D eigenvalue weighted by atomic mass is 9.86. The SMILES string of the molecule is C=CC(=O)N1C[C@@H](O)C[C@@H](NC(=O)C2=C3NC(=O)N(c4cccc(-c5cccc(F)c5F)c4)C4CCNC(S2)C34)C1. The van der Waals surface area contributed by atoms with E-state index in [-0.39, 0.29) is 47.8 Å². The first-order valence-corrected chi connectivity index (χ1v) is 14.3. The third-order valence-electron chi connectivity index (χ3n) is 7.98. The first kappa shape index (κ1) is 27.4. The number of nitrogens with zero attached hydrogens (tertiary/aromatic N) is 2. The number of hydrogen-bond donors (Lipinski definition) is 4. The molecule has 5 atom stereocenters. The van der Waals surface area contributed by atoms with Crippen LogP contribution < -0.4 is 20.9 Å². The van der Waals surface area contributed by atoms with E-state index in [1.165, 1.54) is 34.9 Å². The number of aliphatic hydroxyl groups excluding tert-OH is 1. The largest absolute Gasteiger partial charge is 0.391 e. The van der Waals surface area contributed by atoms with Crippen LogP contribution in [0.1, 0.15) is 12.8 Å². The van der Waals surface area contributed by atoms with Crippen LogP contribution >= 0.6 is 11.8 Å². The van der Waals surface area contributed by atoms with Crippen molar-refractivity contribution in [1.82, 2.24) is 20.9 Å². The molecule has 214 valence electrons. The molecule has 6 rings (SSSR count). The van der Waals surface area contributed by atoms with Crippen LogP contribution in [-0.2, 0) is 9.59 Å². The second kappa shape index (κ2) is 10.9. The molecule has 3 saturated heterocycles. The Morgan fingerprint density at radius 2 is 1.98 bits per heavy atom. The highest BCUT2D eigenvalue weighted by Gasteiger charge is 2.52. The molecular formula is C29H29F2N5O4S. The number of halogens is 2. The molecule has 0 radical (unpaired) electrons. The number of amides is 4. The van der Waals surface area contributed by atoms with Gasteiger partial charge in [0, 0.05) is 42.0 Å². The van der Waals surface area contributed by atoms with Gasteiger partial charge in [-0.1, -0.05) is 42.6 Å². The molecule has 12 heteroatoms. The van der Waals surface area contributed by atoms with E-state index >= 15 is 0 Å². The Morgan fingerprint density at radius 1 is 1.17 bits per heavy atom. The zero-order valence-electron chi connectivity index (χ0n) is 22.0. The molecule has 9 nitrogen and oxygen atoms in total. The predicted octanol–water partition coefficient (Wildman–Crippen LogP) is 2.69. The molecule has 0 saturated carbocycles. The molecule has 2 aromatic rings. The van der Waals surface area contributed by atoms with E-state index in [2.05, 4.69) is 22.5 Å². The summed E-state index contributed by atoms with van der Waals surface area (Å²) in [5, 5.41) is 19.4. The lowest BCUT2D eigenvalue weighted by molar-refractivity contribution is -0.130. The summed E-state index contributed by atoms with van der Waals surface area (Å²) < 4.78 is 28.5. The fourth-order valence-corrected chi connectivity index (χ4v) is 7.61. The summed E-state index contributed by atoms with van der Waals surface area (Å²) in [6, 6.07) is 9.64. The lowest BCUT2D eigenvalue weighted by Crippen LogP contribution is -2.62. The van der Waals surface area contributed by atoms with Crippen molar-refractivity contribution in [2.24, 2.45) is 5.92 Å². The number of carbonyl (C=O) groups excluding carboxylic acids is 3. The fraction of sp³-hybridized carbons (Fsp3) is 0.345. The van der Waals surface area contributed by atoms with Gasteiger partial charge in [-0.25, -0.2) is 13.6 Å². The Kier molecular flexibility index (Phi) is 7.30. The number of likely N-dealkylation sites (tertiary alicyclic amines) is 1. The lowest BCUT2D eigenvalue weighted by Gasteiger charge is -2.45. The Morgan fingerprint density at radius 3 is 2.78 bits per heavy atom.